The summed E-state index contributed by atoms with van der Waals surface area (Å²) in [5, 5.41) is 2.12. The molecule has 17 heteroatoms. The Morgan fingerprint density at radius 2 is 1.66 bits per heavy atom. The van der Waals surface area contributed by atoms with Crippen LogP contribution >= 0.6 is 38.5 Å². The van der Waals surface area contributed by atoms with Crippen LogP contribution in [0.25, 0.3) is 4.85 Å². The van der Waals surface area contributed by atoms with Gasteiger partial charge >= 0.3 is 18.0 Å². The van der Waals surface area contributed by atoms with Crippen molar-refractivity contribution in [1.82, 2.24) is 4.98 Å². The van der Waals surface area contributed by atoms with E-state index in [1.54, 1.807) is 0 Å². The van der Waals surface area contributed by atoms with Crippen molar-refractivity contribution in [1.29, 1.82) is 0 Å². The normalized spacial score (nSPS) is 12.0. The van der Waals surface area contributed by atoms with Gasteiger partial charge in [0.25, 0.3) is 18.5 Å². The highest BCUT2D eigenvalue weighted by molar-refractivity contribution is 14.1. The standard InChI is InChI=1S/C24H11BrF9IN4O2/c1-36-10-39(21(41)11-5-6-17(26)37-9-11)16-4-2-3-13(18(16)27)20(40)38-19-14(25)7-12(8-15(19)35)22(28,23(29,30)31)24(32,33)34/h2-9H,10H2,(H,38,40). The number of nitrogens with one attached hydrogen (secondary N) is 1. The topological polar surface area (TPSA) is 66.7 Å². The van der Waals surface area contributed by atoms with Gasteiger partial charge in [-0.15, -0.1) is 0 Å². The van der Waals surface area contributed by atoms with E-state index in [1.807, 2.05) is 0 Å². The van der Waals surface area contributed by atoms with E-state index in [-0.39, 0.29) is 17.7 Å². The molecule has 1 N–H and O–H groups in total. The van der Waals surface area contributed by atoms with E-state index in [0.29, 0.717) is 4.90 Å². The molecule has 2 aromatic carbocycles. The van der Waals surface area contributed by atoms with Crippen LogP contribution in [0.3, 0.4) is 0 Å². The minimum Gasteiger partial charge on any atom is -0.320 e. The fraction of sp³-hybridized carbons (Fsp3) is 0.167. The number of carbonyl (C=O) groups excluding carboxylic acids is 2. The van der Waals surface area contributed by atoms with E-state index in [1.165, 1.54) is 22.6 Å². The van der Waals surface area contributed by atoms with Gasteiger partial charge in [0.1, 0.15) is 0 Å². The molecule has 0 aliphatic rings. The molecule has 0 saturated heterocycles. The van der Waals surface area contributed by atoms with Crippen molar-refractivity contribution in [2.45, 2.75) is 18.0 Å². The average Bonchev–Trinajstić information content (AvgIpc) is 2.87. The van der Waals surface area contributed by atoms with Crippen LogP contribution in [0.1, 0.15) is 26.3 Å². The number of anilines is 2. The lowest BCUT2D eigenvalue weighted by molar-refractivity contribution is -0.348. The van der Waals surface area contributed by atoms with Crippen LogP contribution in [0.2, 0.25) is 0 Å². The second-order valence-electron chi connectivity index (χ2n) is 7.96. The summed E-state index contributed by atoms with van der Waals surface area (Å²) in [6, 6.07) is 5.42. The largest absolute Gasteiger partial charge is 0.435 e. The highest BCUT2D eigenvalue weighted by atomic mass is 127. The minimum atomic E-state index is -6.37. The Morgan fingerprint density at radius 1 is 1.02 bits per heavy atom. The van der Waals surface area contributed by atoms with Crippen LogP contribution in [0.15, 0.2) is 53.1 Å². The third-order valence-corrected chi connectivity index (χ3v) is 6.88. The quantitative estimate of drug-likeness (QED) is 0.121. The Hall–Kier alpha value is -3.40. The van der Waals surface area contributed by atoms with Crippen molar-refractivity contribution in [3.05, 3.63) is 96.6 Å². The highest BCUT2D eigenvalue weighted by Crippen LogP contribution is 2.54. The molecule has 0 spiro atoms. The molecule has 1 heterocycles. The molecule has 3 aromatic rings. The number of hydrogen-bond donors (Lipinski definition) is 1. The SMILES string of the molecule is [C-]#[N+]CN(C(=O)c1ccc(F)nc1)c1cccc(C(=O)Nc2c(Br)cc(C(F)(C(F)(F)F)C(F)(F)F)cc2I)c1F. The summed E-state index contributed by atoms with van der Waals surface area (Å²) in [5.74, 6) is -4.46. The van der Waals surface area contributed by atoms with E-state index in [9.17, 15) is 44.7 Å². The number of pyridine rings is 1. The Balaban J connectivity index is 2.00. The number of hydrogen-bond acceptors (Lipinski definition) is 3. The molecule has 216 valence electrons. The Bertz CT molecular complexity index is 1500. The second kappa shape index (κ2) is 11.8. The first kappa shape index (κ1) is 32.1. The van der Waals surface area contributed by atoms with Crippen LogP contribution in [0.4, 0.5) is 50.9 Å². The molecule has 0 fully saturated rings. The van der Waals surface area contributed by atoms with Crippen molar-refractivity contribution in [2.24, 2.45) is 0 Å². The maximum atomic E-state index is 15.5. The van der Waals surface area contributed by atoms with Gasteiger partial charge in [0.15, 0.2) is 5.82 Å². The predicted molar refractivity (Wildman–Crippen MR) is 139 cm³/mol. The average molecular weight is 765 g/mol. The third kappa shape index (κ3) is 6.27. The Morgan fingerprint density at radius 3 is 2.17 bits per heavy atom. The number of rotatable bonds is 6. The Labute approximate surface area is 246 Å². The molecular weight excluding hydrogens is 754 g/mol. The fourth-order valence-electron chi connectivity index (χ4n) is 3.44. The van der Waals surface area contributed by atoms with Crippen LogP contribution in [0, 0.1) is 21.9 Å². The number of nitrogens with zero attached hydrogens (tertiary/aromatic N) is 3. The van der Waals surface area contributed by atoms with Crippen molar-refractivity contribution in [2.75, 3.05) is 16.9 Å². The highest BCUT2D eigenvalue weighted by Gasteiger charge is 2.73. The molecule has 2 amide bonds. The van der Waals surface area contributed by atoms with Crippen LogP contribution < -0.4 is 10.2 Å². The van der Waals surface area contributed by atoms with Crippen molar-refractivity contribution >= 4 is 61.7 Å². The molecule has 0 bridgehead atoms. The van der Waals surface area contributed by atoms with Crippen LogP contribution in [0.5, 0.6) is 0 Å². The van der Waals surface area contributed by atoms with Gasteiger partial charge in [-0.05, 0) is 74.9 Å². The van der Waals surface area contributed by atoms with Crippen LogP contribution in [-0.2, 0) is 5.67 Å². The van der Waals surface area contributed by atoms with E-state index < -0.39 is 78.8 Å². The van der Waals surface area contributed by atoms with Crippen LogP contribution in [-0.4, -0.2) is 35.8 Å². The molecule has 0 aliphatic heterocycles. The van der Waals surface area contributed by atoms with Gasteiger partial charge in [-0.3, -0.25) is 14.4 Å². The zero-order valence-corrected chi connectivity index (χ0v) is 23.4. The van der Waals surface area contributed by atoms with E-state index in [4.69, 9.17) is 6.57 Å². The monoisotopic (exact) mass is 764 g/mol. The lowest BCUT2D eigenvalue weighted by Crippen LogP contribution is -2.50. The lowest BCUT2D eigenvalue weighted by atomic mass is 9.94. The van der Waals surface area contributed by atoms with Crippen molar-refractivity contribution in [3.63, 3.8) is 0 Å². The first-order valence-corrected chi connectivity index (χ1v) is 12.5. The molecule has 3 rings (SSSR count). The number of halogens is 11. The molecule has 0 radical (unpaired) electrons. The molecule has 0 atom stereocenters. The smallest absolute Gasteiger partial charge is 0.320 e. The number of alkyl halides is 7. The van der Waals surface area contributed by atoms with Gasteiger partial charge in [0.2, 0.25) is 5.95 Å². The van der Waals surface area contributed by atoms with Gasteiger partial charge in [-0.25, -0.2) is 25.2 Å². The summed E-state index contributed by atoms with van der Waals surface area (Å²) in [5.41, 5.74) is -9.47. The molecule has 41 heavy (non-hydrogen) atoms. The van der Waals surface area contributed by atoms with Gasteiger partial charge in [0, 0.05) is 19.8 Å². The maximum absolute atomic E-state index is 15.5. The van der Waals surface area contributed by atoms with Gasteiger partial charge in [0.05, 0.1) is 22.5 Å². The number of benzene rings is 2. The zero-order valence-electron chi connectivity index (χ0n) is 19.6. The molecule has 0 unspecified atom stereocenters. The first-order valence-electron chi connectivity index (χ1n) is 10.6. The maximum Gasteiger partial charge on any atom is 0.435 e. The van der Waals surface area contributed by atoms with Gasteiger partial charge in [-0.2, -0.15) is 30.7 Å². The first-order chi connectivity index (χ1) is 18.9. The van der Waals surface area contributed by atoms with Crippen molar-refractivity contribution < 1.29 is 49.1 Å². The number of carbonyl (C=O) groups is 2. The lowest BCUT2D eigenvalue weighted by Gasteiger charge is -2.31. The van der Waals surface area contributed by atoms with E-state index in [2.05, 4.69) is 31.1 Å². The molecular formula is C24H11BrF9IN4O2. The molecule has 0 aliphatic carbocycles. The predicted octanol–water partition coefficient (Wildman–Crippen LogP) is 7.79. The number of amides is 2. The Kier molecular flexibility index (Phi) is 9.27. The summed E-state index contributed by atoms with van der Waals surface area (Å²) < 4.78 is 121. The summed E-state index contributed by atoms with van der Waals surface area (Å²) in [6.07, 6.45) is -11.9. The third-order valence-electron chi connectivity index (χ3n) is 5.41. The molecule has 1 aromatic heterocycles. The molecule has 6 nitrogen and oxygen atoms in total. The van der Waals surface area contributed by atoms with Gasteiger partial charge < -0.3 is 5.32 Å². The molecule has 0 saturated carbocycles. The summed E-state index contributed by atoms with van der Waals surface area (Å²) >= 11 is 3.97. The minimum absolute atomic E-state index is 0.179. The fourth-order valence-corrected chi connectivity index (χ4v) is 5.13. The van der Waals surface area contributed by atoms with E-state index >= 15 is 4.39 Å². The zero-order chi connectivity index (χ0) is 30.9. The van der Waals surface area contributed by atoms with E-state index in [0.717, 1.165) is 36.5 Å². The summed E-state index contributed by atoms with van der Waals surface area (Å²) in [7, 11) is 0. The van der Waals surface area contributed by atoms with Gasteiger partial charge in [-0.1, -0.05) is 6.07 Å². The van der Waals surface area contributed by atoms with Crippen molar-refractivity contribution in [3.8, 4) is 0 Å². The summed E-state index contributed by atoms with van der Waals surface area (Å²) in [4.78, 5) is 32.8. The summed E-state index contributed by atoms with van der Waals surface area (Å²) in [6.45, 7) is 6.37. The second-order valence-corrected chi connectivity index (χ2v) is 9.98. The number of aromatic nitrogens is 1.